The number of fused-ring (bicyclic) bond motifs is 5. The van der Waals surface area contributed by atoms with Gasteiger partial charge in [-0.2, -0.15) is 5.10 Å². The smallest absolute Gasteiger partial charge is 0.141 e. The number of ketones is 1. The summed E-state index contributed by atoms with van der Waals surface area (Å²) in [6, 6.07) is 0. The lowest BCUT2D eigenvalue weighted by molar-refractivity contribution is -0.120. The van der Waals surface area contributed by atoms with Gasteiger partial charge in [0, 0.05) is 24.9 Å². The van der Waals surface area contributed by atoms with Gasteiger partial charge < -0.3 is 0 Å². The maximum Gasteiger partial charge on any atom is 0.141 e. The number of aryl methyl sites for hydroxylation is 2. The van der Waals surface area contributed by atoms with Gasteiger partial charge >= 0.3 is 0 Å². The molecule has 0 aromatic carbocycles. The summed E-state index contributed by atoms with van der Waals surface area (Å²) in [6.45, 7) is 1.94. The highest BCUT2D eigenvalue weighted by Crippen LogP contribution is 2.69. The lowest BCUT2D eigenvalue weighted by Gasteiger charge is -2.07. The Morgan fingerprint density at radius 3 is 2.53 bits per heavy atom. The summed E-state index contributed by atoms with van der Waals surface area (Å²) in [5, 5.41) is 4.92. The molecule has 0 aliphatic heterocycles. The molecule has 19 heavy (non-hydrogen) atoms. The lowest BCUT2D eigenvalue weighted by atomic mass is 9.96. The molecule has 102 valence electrons. The van der Waals surface area contributed by atoms with Crippen molar-refractivity contribution in [3.63, 3.8) is 0 Å². The fourth-order valence-corrected chi connectivity index (χ4v) is 5.16. The van der Waals surface area contributed by atoms with Gasteiger partial charge in [0.05, 0.1) is 5.69 Å². The molecule has 4 unspecified atom stereocenters. The number of hydrogen-bond donors (Lipinski definition) is 0. The molecule has 0 radical (unpaired) electrons. The van der Waals surface area contributed by atoms with E-state index in [2.05, 4.69) is 5.10 Å². The molecule has 3 fully saturated rings. The van der Waals surface area contributed by atoms with E-state index >= 15 is 0 Å². The van der Waals surface area contributed by atoms with Crippen molar-refractivity contribution >= 4 is 17.4 Å². The highest BCUT2D eigenvalue weighted by molar-refractivity contribution is 6.30. The number of hydrogen-bond acceptors (Lipinski definition) is 2. The molecule has 4 rings (SSSR count). The van der Waals surface area contributed by atoms with Crippen molar-refractivity contribution in [2.45, 2.75) is 32.6 Å². The average molecular weight is 279 g/mol. The molecule has 2 bridgehead atoms. The normalized spacial score (nSPS) is 38.6. The molecule has 1 heterocycles. The SMILES string of the molecule is Cc1nn(C)c(Cl)c1CC(=O)C1C2C3CCC(C3)C12. The van der Waals surface area contributed by atoms with E-state index in [1.807, 2.05) is 14.0 Å². The van der Waals surface area contributed by atoms with Gasteiger partial charge in [0.1, 0.15) is 10.9 Å². The van der Waals surface area contributed by atoms with Crippen LogP contribution < -0.4 is 0 Å². The molecule has 4 atom stereocenters. The first-order valence-electron chi connectivity index (χ1n) is 7.28. The van der Waals surface area contributed by atoms with Crippen LogP contribution in [0.1, 0.15) is 30.5 Å². The highest BCUT2D eigenvalue weighted by Gasteiger charge is 2.66. The van der Waals surface area contributed by atoms with Crippen LogP contribution in [0.15, 0.2) is 0 Å². The Kier molecular flexibility index (Phi) is 2.42. The second kappa shape index (κ2) is 3.85. The fourth-order valence-electron chi connectivity index (χ4n) is 4.92. The average Bonchev–Trinajstić information content (AvgIpc) is 2.70. The van der Waals surface area contributed by atoms with E-state index in [1.54, 1.807) is 4.68 Å². The zero-order valence-corrected chi connectivity index (χ0v) is 12.2. The van der Waals surface area contributed by atoms with Crippen LogP contribution in [0.25, 0.3) is 0 Å². The topological polar surface area (TPSA) is 34.9 Å². The molecule has 3 aliphatic carbocycles. The van der Waals surface area contributed by atoms with Gasteiger partial charge in [-0.05, 0) is 49.9 Å². The molecule has 1 aromatic heterocycles. The zero-order valence-electron chi connectivity index (χ0n) is 11.4. The van der Waals surface area contributed by atoms with Crippen LogP contribution in [0.5, 0.6) is 0 Å². The standard InChI is InChI=1S/C15H19ClN2O/c1-7-10(15(16)18(2)17-7)6-11(19)14-12-8-3-4-9(5-8)13(12)14/h8-9,12-14H,3-6H2,1-2H3. The Morgan fingerprint density at radius 2 is 2.00 bits per heavy atom. The van der Waals surface area contributed by atoms with Crippen molar-refractivity contribution in [2.24, 2.45) is 36.6 Å². The van der Waals surface area contributed by atoms with Gasteiger partial charge in [0.2, 0.25) is 0 Å². The van der Waals surface area contributed by atoms with E-state index in [0.717, 1.165) is 34.9 Å². The van der Waals surface area contributed by atoms with Gasteiger partial charge in [-0.15, -0.1) is 0 Å². The van der Waals surface area contributed by atoms with Crippen LogP contribution in [-0.4, -0.2) is 15.6 Å². The third-order valence-electron chi connectivity index (χ3n) is 5.73. The van der Waals surface area contributed by atoms with Crippen molar-refractivity contribution in [3.05, 3.63) is 16.4 Å². The number of carbonyl (C=O) groups is 1. The van der Waals surface area contributed by atoms with Crippen molar-refractivity contribution in [1.29, 1.82) is 0 Å². The molecule has 3 aliphatic rings. The molecular weight excluding hydrogens is 260 g/mol. The van der Waals surface area contributed by atoms with Gasteiger partial charge in [-0.3, -0.25) is 9.48 Å². The molecule has 4 heteroatoms. The largest absolute Gasteiger partial charge is 0.299 e. The van der Waals surface area contributed by atoms with E-state index in [4.69, 9.17) is 11.6 Å². The summed E-state index contributed by atoms with van der Waals surface area (Å²) in [5.41, 5.74) is 1.83. The van der Waals surface area contributed by atoms with Gasteiger partial charge in [-0.25, -0.2) is 0 Å². The van der Waals surface area contributed by atoms with Gasteiger partial charge in [0.25, 0.3) is 0 Å². The minimum atomic E-state index is 0.349. The number of halogens is 1. The minimum Gasteiger partial charge on any atom is -0.299 e. The monoisotopic (exact) mass is 278 g/mol. The molecule has 0 amide bonds. The Labute approximate surface area is 118 Å². The van der Waals surface area contributed by atoms with Crippen LogP contribution in [0.3, 0.4) is 0 Å². The van der Waals surface area contributed by atoms with E-state index in [9.17, 15) is 4.79 Å². The molecule has 0 N–H and O–H groups in total. The maximum absolute atomic E-state index is 12.5. The van der Waals surface area contributed by atoms with Crippen LogP contribution >= 0.6 is 11.6 Å². The molecule has 0 saturated heterocycles. The second-order valence-corrected chi connectivity index (χ2v) is 6.99. The van der Waals surface area contributed by atoms with Crippen molar-refractivity contribution in [1.82, 2.24) is 9.78 Å². The van der Waals surface area contributed by atoms with Gasteiger partial charge in [0.15, 0.2) is 0 Å². The maximum atomic E-state index is 12.5. The summed E-state index contributed by atoms with van der Waals surface area (Å²) < 4.78 is 1.66. The third kappa shape index (κ3) is 1.57. The number of nitrogens with zero attached hydrogens (tertiary/aromatic N) is 2. The minimum absolute atomic E-state index is 0.349. The first-order valence-corrected chi connectivity index (χ1v) is 7.66. The Bertz CT molecular complexity index is 549. The second-order valence-electron chi connectivity index (χ2n) is 6.64. The molecular formula is C15H19ClN2O. The van der Waals surface area contributed by atoms with Crippen molar-refractivity contribution in [3.8, 4) is 0 Å². The third-order valence-corrected chi connectivity index (χ3v) is 6.20. The summed E-state index contributed by atoms with van der Waals surface area (Å²) in [4.78, 5) is 12.5. The predicted octanol–water partition coefficient (Wildman–Crippen LogP) is 2.79. The van der Waals surface area contributed by atoms with Crippen molar-refractivity contribution in [2.75, 3.05) is 0 Å². The Hall–Kier alpha value is -0.830. The summed E-state index contributed by atoms with van der Waals surface area (Å²) >= 11 is 6.22. The zero-order chi connectivity index (χ0) is 13.3. The fraction of sp³-hybridized carbons (Fsp3) is 0.733. The quantitative estimate of drug-likeness (QED) is 0.852. The summed E-state index contributed by atoms with van der Waals surface area (Å²) in [7, 11) is 1.83. The highest BCUT2D eigenvalue weighted by atomic mass is 35.5. The van der Waals surface area contributed by atoms with Crippen molar-refractivity contribution < 1.29 is 4.79 Å². The number of rotatable bonds is 3. The summed E-state index contributed by atoms with van der Waals surface area (Å²) in [6.07, 6.45) is 4.60. The predicted molar refractivity (Wildman–Crippen MR) is 73.0 cm³/mol. The molecule has 1 aromatic rings. The lowest BCUT2D eigenvalue weighted by Crippen LogP contribution is -2.12. The number of carbonyl (C=O) groups excluding carboxylic acids is 1. The van der Waals surface area contributed by atoms with Gasteiger partial charge in [-0.1, -0.05) is 11.6 Å². The van der Waals surface area contributed by atoms with Crippen LogP contribution in [0, 0.1) is 36.5 Å². The van der Waals surface area contributed by atoms with Crippen LogP contribution in [0.4, 0.5) is 0 Å². The van der Waals surface area contributed by atoms with E-state index in [-0.39, 0.29) is 0 Å². The molecule has 3 saturated carbocycles. The summed E-state index contributed by atoms with van der Waals surface area (Å²) in [5.74, 6) is 3.92. The van der Waals surface area contributed by atoms with E-state index in [1.165, 1.54) is 19.3 Å². The number of aromatic nitrogens is 2. The Morgan fingerprint density at radius 1 is 1.37 bits per heavy atom. The van der Waals surface area contributed by atoms with Crippen LogP contribution in [-0.2, 0) is 18.3 Å². The van der Waals surface area contributed by atoms with E-state index in [0.29, 0.717) is 23.3 Å². The first kappa shape index (κ1) is 12.0. The first-order chi connectivity index (χ1) is 9.08. The molecule has 0 spiro atoms. The van der Waals surface area contributed by atoms with E-state index < -0.39 is 0 Å². The number of Topliss-reactive ketones (excluding diaryl/α,β-unsaturated/α-hetero) is 1. The van der Waals surface area contributed by atoms with Crippen LogP contribution in [0.2, 0.25) is 5.15 Å². The molecule has 3 nitrogen and oxygen atoms in total. The Balaban J connectivity index is 1.51.